The fraction of sp³-hybridized carbons (Fsp3) is 0.706. The Hall–Kier alpha value is -1.13. The molecule has 1 aliphatic carbocycles. The number of rotatable bonds is 5. The smallest absolute Gasteiger partial charge is 0.142 e. The van der Waals surface area contributed by atoms with Crippen molar-refractivity contribution in [3.63, 3.8) is 0 Å². The van der Waals surface area contributed by atoms with E-state index in [1.807, 2.05) is 0 Å². The highest BCUT2D eigenvalue weighted by Crippen LogP contribution is 2.48. The molecule has 0 bridgehead atoms. The van der Waals surface area contributed by atoms with Gasteiger partial charge in [0.1, 0.15) is 11.9 Å². The van der Waals surface area contributed by atoms with Gasteiger partial charge in [-0.3, -0.25) is 4.98 Å². The molecular weight excluding hydrogens is 264 g/mol. The zero-order chi connectivity index (χ0) is 15.0. The fourth-order valence-electron chi connectivity index (χ4n) is 3.14. The molecule has 2 fully saturated rings. The maximum atomic E-state index is 6.20. The molecule has 4 heteroatoms. The molecule has 1 spiro atoms. The zero-order valence-electron chi connectivity index (χ0n) is 13.6. The van der Waals surface area contributed by atoms with E-state index < -0.39 is 0 Å². The van der Waals surface area contributed by atoms with E-state index in [1.165, 1.54) is 0 Å². The third-order valence-electron chi connectivity index (χ3n) is 4.44. The van der Waals surface area contributed by atoms with Crippen LogP contribution in [0, 0.1) is 5.41 Å². The molecule has 1 saturated carbocycles. The SMILES string of the molecule is CC(C)c1ccc(OC2CC3(COC3)C2)c(CN(C)C)n1. The average molecular weight is 290 g/mol. The quantitative estimate of drug-likeness (QED) is 0.835. The Labute approximate surface area is 127 Å². The first-order chi connectivity index (χ1) is 9.97. The van der Waals surface area contributed by atoms with Crippen molar-refractivity contribution in [2.75, 3.05) is 27.3 Å². The summed E-state index contributed by atoms with van der Waals surface area (Å²) in [6.45, 7) is 7.00. The lowest BCUT2D eigenvalue weighted by molar-refractivity contribution is -0.191. The van der Waals surface area contributed by atoms with E-state index in [0.29, 0.717) is 17.4 Å². The number of nitrogens with zero attached hydrogens (tertiary/aromatic N) is 2. The Morgan fingerprint density at radius 3 is 2.57 bits per heavy atom. The molecule has 0 amide bonds. The van der Waals surface area contributed by atoms with Crippen LogP contribution < -0.4 is 4.74 Å². The normalized spacial score (nSPS) is 20.7. The van der Waals surface area contributed by atoms with Gasteiger partial charge in [-0.05, 0) is 45.0 Å². The summed E-state index contributed by atoms with van der Waals surface area (Å²) >= 11 is 0. The minimum Gasteiger partial charge on any atom is -0.488 e. The molecule has 1 saturated heterocycles. The number of aromatic nitrogens is 1. The van der Waals surface area contributed by atoms with Gasteiger partial charge in [0.25, 0.3) is 0 Å². The summed E-state index contributed by atoms with van der Waals surface area (Å²) in [6, 6.07) is 4.20. The second-order valence-corrected chi connectivity index (χ2v) is 7.21. The predicted molar refractivity (Wildman–Crippen MR) is 82.6 cm³/mol. The van der Waals surface area contributed by atoms with Crippen LogP contribution in [0.3, 0.4) is 0 Å². The molecule has 2 aliphatic rings. The molecule has 4 nitrogen and oxygen atoms in total. The molecule has 3 rings (SSSR count). The highest BCUT2D eigenvalue weighted by Gasteiger charge is 2.51. The van der Waals surface area contributed by atoms with E-state index in [1.54, 1.807) is 0 Å². The summed E-state index contributed by atoms with van der Waals surface area (Å²) in [5.41, 5.74) is 2.63. The maximum absolute atomic E-state index is 6.20. The van der Waals surface area contributed by atoms with Crippen molar-refractivity contribution in [1.82, 2.24) is 9.88 Å². The summed E-state index contributed by atoms with van der Waals surface area (Å²) < 4.78 is 11.5. The van der Waals surface area contributed by atoms with Gasteiger partial charge in [-0.2, -0.15) is 0 Å². The van der Waals surface area contributed by atoms with E-state index >= 15 is 0 Å². The van der Waals surface area contributed by atoms with Gasteiger partial charge in [-0.15, -0.1) is 0 Å². The predicted octanol–water partition coefficient (Wildman–Crippen LogP) is 2.82. The Balaban J connectivity index is 1.70. The molecule has 0 N–H and O–H groups in total. The van der Waals surface area contributed by atoms with Crippen LogP contribution >= 0.6 is 0 Å². The van der Waals surface area contributed by atoms with E-state index in [9.17, 15) is 0 Å². The minimum absolute atomic E-state index is 0.335. The average Bonchev–Trinajstić information content (AvgIpc) is 2.31. The molecule has 0 unspecified atom stereocenters. The lowest BCUT2D eigenvalue weighted by atomic mass is 9.65. The molecule has 2 heterocycles. The van der Waals surface area contributed by atoms with Gasteiger partial charge < -0.3 is 14.4 Å². The summed E-state index contributed by atoms with van der Waals surface area (Å²) in [7, 11) is 4.13. The first-order valence-corrected chi connectivity index (χ1v) is 7.86. The van der Waals surface area contributed by atoms with Crippen LogP contribution in [-0.2, 0) is 11.3 Å². The molecule has 1 aliphatic heterocycles. The van der Waals surface area contributed by atoms with Gasteiger partial charge in [0.2, 0.25) is 0 Å². The van der Waals surface area contributed by atoms with Crippen LogP contribution in [0.5, 0.6) is 5.75 Å². The van der Waals surface area contributed by atoms with E-state index in [0.717, 1.165) is 49.7 Å². The monoisotopic (exact) mass is 290 g/mol. The molecule has 116 valence electrons. The topological polar surface area (TPSA) is 34.6 Å². The summed E-state index contributed by atoms with van der Waals surface area (Å²) in [6.07, 6.45) is 2.59. The Kier molecular flexibility index (Phi) is 3.93. The van der Waals surface area contributed by atoms with Crippen molar-refractivity contribution in [3.8, 4) is 5.75 Å². The standard InChI is InChI=1S/C17H26N2O2/c1-12(2)14-5-6-16(15(18-14)9-19(3)4)21-13-7-17(8-13)10-20-11-17/h5-6,12-13H,7-11H2,1-4H3. The minimum atomic E-state index is 0.335. The van der Waals surface area contributed by atoms with Gasteiger partial charge >= 0.3 is 0 Å². The summed E-state index contributed by atoms with van der Waals surface area (Å²) in [5.74, 6) is 1.40. The first kappa shape index (κ1) is 14.8. The first-order valence-electron chi connectivity index (χ1n) is 7.86. The zero-order valence-corrected chi connectivity index (χ0v) is 13.6. The second kappa shape index (κ2) is 5.58. The molecule has 1 aromatic rings. The van der Waals surface area contributed by atoms with Crippen LogP contribution in [0.4, 0.5) is 0 Å². The lowest BCUT2D eigenvalue weighted by Crippen LogP contribution is -2.56. The third-order valence-corrected chi connectivity index (χ3v) is 4.44. The lowest BCUT2D eigenvalue weighted by Gasteiger charge is -2.52. The Morgan fingerprint density at radius 2 is 2.05 bits per heavy atom. The summed E-state index contributed by atoms with van der Waals surface area (Å²) in [4.78, 5) is 6.94. The van der Waals surface area contributed by atoms with Gasteiger partial charge in [-0.1, -0.05) is 13.8 Å². The number of pyridine rings is 1. The Bertz CT molecular complexity index is 502. The summed E-state index contributed by atoms with van der Waals surface area (Å²) in [5, 5.41) is 0. The van der Waals surface area contributed by atoms with Crippen molar-refractivity contribution in [3.05, 3.63) is 23.5 Å². The highest BCUT2D eigenvalue weighted by atomic mass is 16.5. The molecule has 0 atom stereocenters. The number of hydrogen-bond acceptors (Lipinski definition) is 4. The Morgan fingerprint density at radius 1 is 1.33 bits per heavy atom. The molecular formula is C17H26N2O2. The van der Waals surface area contributed by atoms with Crippen molar-refractivity contribution in [2.24, 2.45) is 5.41 Å². The molecule has 1 aromatic heterocycles. The van der Waals surface area contributed by atoms with E-state index in [4.69, 9.17) is 14.5 Å². The van der Waals surface area contributed by atoms with E-state index in [-0.39, 0.29) is 0 Å². The highest BCUT2D eigenvalue weighted by molar-refractivity contribution is 5.31. The van der Waals surface area contributed by atoms with Crippen molar-refractivity contribution >= 4 is 0 Å². The third kappa shape index (κ3) is 3.06. The van der Waals surface area contributed by atoms with Crippen molar-refractivity contribution < 1.29 is 9.47 Å². The van der Waals surface area contributed by atoms with Crippen LogP contribution in [0.2, 0.25) is 0 Å². The van der Waals surface area contributed by atoms with Crippen molar-refractivity contribution in [2.45, 2.75) is 45.3 Å². The van der Waals surface area contributed by atoms with Gasteiger partial charge in [-0.25, -0.2) is 0 Å². The molecule has 0 aromatic carbocycles. The molecule has 0 radical (unpaired) electrons. The second-order valence-electron chi connectivity index (χ2n) is 7.21. The van der Waals surface area contributed by atoms with Gasteiger partial charge in [0.05, 0.1) is 18.9 Å². The largest absolute Gasteiger partial charge is 0.488 e. The van der Waals surface area contributed by atoms with Crippen LogP contribution in [-0.4, -0.2) is 43.3 Å². The maximum Gasteiger partial charge on any atom is 0.142 e. The van der Waals surface area contributed by atoms with Crippen LogP contribution in [0.25, 0.3) is 0 Å². The number of ether oxygens (including phenoxy) is 2. The van der Waals surface area contributed by atoms with Crippen LogP contribution in [0.15, 0.2) is 12.1 Å². The van der Waals surface area contributed by atoms with Crippen molar-refractivity contribution in [1.29, 1.82) is 0 Å². The van der Waals surface area contributed by atoms with Gasteiger partial charge in [0, 0.05) is 17.7 Å². The van der Waals surface area contributed by atoms with Crippen LogP contribution in [0.1, 0.15) is 44.0 Å². The van der Waals surface area contributed by atoms with Gasteiger partial charge in [0.15, 0.2) is 0 Å². The number of hydrogen-bond donors (Lipinski definition) is 0. The molecule has 21 heavy (non-hydrogen) atoms. The fourth-order valence-corrected chi connectivity index (χ4v) is 3.14. The van der Waals surface area contributed by atoms with E-state index in [2.05, 4.69) is 45.0 Å².